The van der Waals surface area contributed by atoms with E-state index in [1.165, 1.54) is 0 Å². The molecule has 1 fully saturated rings. The molecule has 0 spiro atoms. The number of rotatable bonds is 6. The molecular formula is C13H23NO4. The first-order valence-electron chi connectivity index (χ1n) is 6.59. The maximum Gasteiger partial charge on any atom is 0.303 e. The van der Waals surface area contributed by atoms with Crippen molar-refractivity contribution in [2.75, 3.05) is 26.3 Å². The van der Waals surface area contributed by atoms with Gasteiger partial charge in [-0.2, -0.15) is 0 Å². The summed E-state index contributed by atoms with van der Waals surface area (Å²) in [7, 11) is 0. The van der Waals surface area contributed by atoms with Crippen molar-refractivity contribution < 1.29 is 19.4 Å². The second-order valence-corrected chi connectivity index (χ2v) is 5.20. The van der Waals surface area contributed by atoms with Gasteiger partial charge in [-0.05, 0) is 18.8 Å². The fourth-order valence-electron chi connectivity index (χ4n) is 2.25. The number of morpholine rings is 1. The third-order valence-electron chi connectivity index (χ3n) is 3.13. The monoisotopic (exact) mass is 257 g/mol. The van der Waals surface area contributed by atoms with Crippen molar-refractivity contribution in [2.24, 2.45) is 11.8 Å². The summed E-state index contributed by atoms with van der Waals surface area (Å²) in [6.07, 6.45) is 1.25. The number of carbonyl (C=O) groups excluding carboxylic acids is 1. The average Bonchev–Trinajstić information content (AvgIpc) is 2.34. The standard InChI is InChI=1S/C13H23NO4/c1-10(2)9-11(3-4-12(15)16)13(17)14-5-7-18-8-6-14/h10-11H,3-9H2,1-2H3,(H,15,16). The van der Waals surface area contributed by atoms with Gasteiger partial charge in [0.25, 0.3) is 0 Å². The van der Waals surface area contributed by atoms with Crippen LogP contribution in [0.5, 0.6) is 0 Å². The molecule has 1 saturated heterocycles. The van der Waals surface area contributed by atoms with E-state index in [-0.39, 0.29) is 18.2 Å². The van der Waals surface area contributed by atoms with E-state index in [0.29, 0.717) is 38.6 Å². The van der Waals surface area contributed by atoms with Crippen molar-refractivity contribution in [3.63, 3.8) is 0 Å². The Morgan fingerprint density at radius 2 is 1.89 bits per heavy atom. The van der Waals surface area contributed by atoms with Crippen molar-refractivity contribution in [1.29, 1.82) is 0 Å². The summed E-state index contributed by atoms with van der Waals surface area (Å²) in [5, 5.41) is 8.74. The Kier molecular flexibility index (Phi) is 6.12. The normalized spacial score (nSPS) is 17.8. The summed E-state index contributed by atoms with van der Waals surface area (Å²) in [5.41, 5.74) is 0. The summed E-state index contributed by atoms with van der Waals surface area (Å²) in [6.45, 7) is 6.53. The van der Waals surface area contributed by atoms with Crippen LogP contribution in [0.15, 0.2) is 0 Å². The molecule has 1 aliphatic heterocycles. The number of hydrogen-bond acceptors (Lipinski definition) is 3. The predicted octanol–water partition coefficient (Wildman–Crippen LogP) is 1.37. The maximum atomic E-state index is 12.3. The fourth-order valence-corrected chi connectivity index (χ4v) is 2.25. The van der Waals surface area contributed by atoms with Crippen LogP contribution in [0.1, 0.15) is 33.1 Å². The van der Waals surface area contributed by atoms with Crippen LogP contribution in [-0.2, 0) is 14.3 Å². The number of aliphatic carboxylic acids is 1. The van der Waals surface area contributed by atoms with E-state index in [9.17, 15) is 9.59 Å². The highest BCUT2D eigenvalue weighted by molar-refractivity contribution is 5.79. The van der Waals surface area contributed by atoms with Crippen LogP contribution in [0, 0.1) is 11.8 Å². The Morgan fingerprint density at radius 3 is 2.39 bits per heavy atom. The Labute approximate surface area is 108 Å². The molecule has 104 valence electrons. The van der Waals surface area contributed by atoms with Gasteiger partial charge in [0.05, 0.1) is 13.2 Å². The predicted molar refractivity (Wildman–Crippen MR) is 67.2 cm³/mol. The number of amides is 1. The minimum atomic E-state index is -0.835. The third kappa shape index (κ3) is 5.04. The summed E-state index contributed by atoms with van der Waals surface area (Å²) in [5.74, 6) is -0.514. The van der Waals surface area contributed by atoms with Crippen molar-refractivity contribution >= 4 is 11.9 Å². The Hall–Kier alpha value is -1.10. The van der Waals surface area contributed by atoms with Crippen LogP contribution in [0.25, 0.3) is 0 Å². The van der Waals surface area contributed by atoms with Gasteiger partial charge in [0.15, 0.2) is 0 Å². The number of carbonyl (C=O) groups is 2. The number of nitrogens with zero attached hydrogens (tertiary/aromatic N) is 1. The van der Waals surface area contributed by atoms with E-state index in [4.69, 9.17) is 9.84 Å². The first-order chi connectivity index (χ1) is 8.50. The van der Waals surface area contributed by atoms with Gasteiger partial charge in [0.2, 0.25) is 5.91 Å². The first kappa shape index (κ1) is 15.0. The topological polar surface area (TPSA) is 66.8 Å². The van der Waals surface area contributed by atoms with Crippen molar-refractivity contribution in [2.45, 2.75) is 33.1 Å². The van der Waals surface area contributed by atoms with Crippen LogP contribution in [0.4, 0.5) is 0 Å². The van der Waals surface area contributed by atoms with Crippen LogP contribution < -0.4 is 0 Å². The van der Waals surface area contributed by atoms with Gasteiger partial charge in [0.1, 0.15) is 0 Å². The highest BCUT2D eigenvalue weighted by atomic mass is 16.5. The minimum absolute atomic E-state index is 0.0630. The fraction of sp³-hybridized carbons (Fsp3) is 0.846. The molecular weight excluding hydrogens is 234 g/mol. The average molecular weight is 257 g/mol. The highest BCUT2D eigenvalue weighted by Gasteiger charge is 2.26. The first-order valence-corrected chi connectivity index (χ1v) is 6.59. The lowest BCUT2D eigenvalue weighted by atomic mass is 9.91. The number of hydrogen-bond donors (Lipinski definition) is 1. The van der Waals surface area contributed by atoms with Crippen molar-refractivity contribution in [3.05, 3.63) is 0 Å². The molecule has 1 N–H and O–H groups in total. The lowest BCUT2D eigenvalue weighted by Crippen LogP contribution is -2.44. The quantitative estimate of drug-likeness (QED) is 0.780. The zero-order chi connectivity index (χ0) is 13.5. The summed E-state index contributed by atoms with van der Waals surface area (Å²) < 4.78 is 5.22. The van der Waals surface area contributed by atoms with Crippen LogP contribution in [0.2, 0.25) is 0 Å². The molecule has 0 aliphatic carbocycles. The zero-order valence-corrected chi connectivity index (χ0v) is 11.2. The molecule has 1 rings (SSSR count). The van der Waals surface area contributed by atoms with Crippen LogP contribution >= 0.6 is 0 Å². The molecule has 1 unspecified atom stereocenters. The summed E-state index contributed by atoms with van der Waals surface area (Å²) in [4.78, 5) is 24.8. The van der Waals surface area contributed by atoms with E-state index in [1.807, 2.05) is 0 Å². The number of carboxylic acids is 1. The van der Waals surface area contributed by atoms with Gasteiger partial charge in [-0.3, -0.25) is 9.59 Å². The zero-order valence-electron chi connectivity index (χ0n) is 11.2. The number of ether oxygens (including phenoxy) is 1. The van der Waals surface area contributed by atoms with Gasteiger partial charge in [-0.25, -0.2) is 0 Å². The SMILES string of the molecule is CC(C)CC(CCC(=O)O)C(=O)N1CCOCC1. The van der Waals surface area contributed by atoms with E-state index in [1.54, 1.807) is 4.90 Å². The molecule has 5 nitrogen and oxygen atoms in total. The van der Waals surface area contributed by atoms with Gasteiger partial charge in [-0.15, -0.1) is 0 Å². The summed E-state index contributed by atoms with van der Waals surface area (Å²) >= 11 is 0. The third-order valence-corrected chi connectivity index (χ3v) is 3.13. The molecule has 1 aliphatic rings. The smallest absolute Gasteiger partial charge is 0.303 e. The maximum absolute atomic E-state index is 12.3. The van der Waals surface area contributed by atoms with Gasteiger partial charge in [0, 0.05) is 25.4 Å². The van der Waals surface area contributed by atoms with Gasteiger partial charge < -0.3 is 14.7 Å². The van der Waals surface area contributed by atoms with Crippen LogP contribution in [0.3, 0.4) is 0 Å². The molecule has 0 aromatic heterocycles. The van der Waals surface area contributed by atoms with E-state index < -0.39 is 5.97 Å². The van der Waals surface area contributed by atoms with Crippen molar-refractivity contribution in [1.82, 2.24) is 4.90 Å². The molecule has 1 amide bonds. The van der Waals surface area contributed by atoms with Gasteiger partial charge >= 0.3 is 5.97 Å². The largest absolute Gasteiger partial charge is 0.481 e. The lowest BCUT2D eigenvalue weighted by molar-refractivity contribution is -0.141. The van der Waals surface area contributed by atoms with E-state index in [0.717, 1.165) is 6.42 Å². The molecule has 0 bridgehead atoms. The molecule has 1 heterocycles. The van der Waals surface area contributed by atoms with Crippen LogP contribution in [-0.4, -0.2) is 48.2 Å². The minimum Gasteiger partial charge on any atom is -0.481 e. The highest BCUT2D eigenvalue weighted by Crippen LogP contribution is 2.20. The Morgan fingerprint density at radius 1 is 1.28 bits per heavy atom. The van der Waals surface area contributed by atoms with E-state index >= 15 is 0 Å². The van der Waals surface area contributed by atoms with E-state index in [2.05, 4.69) is 13.8 Å². The molecule has 0 aromatic rings. The summed E-state index contributed by atoms with van der Waals surface area (Å²) in [6, 6.07) is 0. The second-order valence-electron chi connectivity index (χ2n) is 5.20. The molecule has 1 atom stereocenters. The molecule has 0 radical (unpaired) electrons. The number of carboxylic acid groups (broad SMARTS) is 1. The van der Waals surface area contributed by atoms with Crippen molar-refractivity contribution in [3.8, 4) is 0 Å². The molecule has 0 saturated carbocycles. The molecule has 18 heavy (non-hydrogen) atoms. The molecule has 5 heteroatoms. The lowest BCUT2D eigenvalue weighted by Gasteiger charge is -2.31. The van der Waals surface area contributed by atoms with Gasteiger partial charge in [-0.1, -0.05) is 13.8 Å². The Bertz CT molecular complexity index is 285. The Balaban J connectivity index is 2.55. The second kappa shape index (κ2) is 7.36. The molecule has 0 aromatic carbocycles.